The van der Waals surface area contributed by atoms with Crippen LogP contribution in [0.5, 0.6) is 5.75 Å². The summed E-state index contributed by atoms with van der Waals surface area (Å²) in [6, 6.07) is 7.37. The van der Waals surface area contributed by atoms with E-state index < -0.39 is 12.4 Å². The monoisotopic (exact) mass is 268 g/mol. The van der Waals surface area contributed by atoms with Crippen LogP contribution in [-0.4, -0.2) is 30.7 Å². The summed E-state index contributed by atoms with van der Waals surface area (Å²) in [5, 5.41) is 10.3. The molecule has 108 valence electrons. The lowest BCUT2D eigenvalue weighted by Crippen LogP contribution is -2.25. The fourth-order valence-corrected chi connectivity index (χ4v) is 1.76. The molecular formula is C15H24O4. The summed E-state index contributed by atoms with van der Waals surface area (Å²) < 4.78 is 16.4. The van der Waals surface area contributed by atoms with E-state index in [0.29, 0.717) is 13.2 Å². The maximum absolute atomic E-state index is 10.3. The van der Waals surface area contributed by atoms with Crippen LogP contribution in [-0.2, 0) is 9.47 Å². The van der Waals surface area contributed by atoms with Crippen LogP contribution in [0.2, 0.25) is 0 Å². The van der Waals surface area contributed by atoms with Gasteiger partial charge in [0.2, 0.25) is 0 Å². The molecule has 1 N–H and O–H groups in total. The van der Waals surface area contributed by atoms with Gasteiger partial charge in [0, 0.05) is 13.2 Å². The number of benzene rings is 1. The number of hydrogen-bond acceptors (Lipinski definition) is 4. The topological polar surface area (TPSA) is 47.9 Å². The molecule has 0 radical (unpaired) electrons. The zero-order valence-electron chi connectivity index (χ0n) is 12.1. The highest BCUT2D eigenvalue weighted by molar-refractivity contribution is 5.30. The maximum atomic E-state index is 10.3. The van der Waals surface area contributed by atoms with Gasteiger partial charge in [0.15, 0.2) is 6.29 Å². The highest BCUT2D eigenvalue weighted by Crippen LogP contribution is 2.24. The van der Waals surface area contributed by atoms with Crippen LogP contribution in [0.1, 0.15) is 39.4 Å². The summed E-state index contributed by atoms with van der Waals surface area (Å²) in [5.41, 5.74) is 0.727. The number of aliphatic hydroxyl groups is 1. The van der Waals surface area contributed by atoms with Gasteiger partial charge in [-0.15, -0.1) is 0 Å². The van der Waals surface area contributed by atoms with Crippen molar-refractivity contribution in [2.75, 3.05) is 13.2 Å². The van der Waals surface area contributed by atoms with Gasteiger partial charge < -0.3 is 19.3 Å². The van der Waals surface area contributed by atoms with Crippen molar-refractivity contribution in [3.05, 3.63) is 29.8 Å². The van der Waals surface area contributed by atoms with Crippen molar-refractivity contribution in [1.29, 1.82) is 0 Å². The summed E-state index contributed by atoms with van der Waals surface area (Å²) in [6.07, 6.45) is -1.37. The molecule has 4 heteroatoms. The highest BCUT2D eigenvalue weighted by Gasteiger charge is 2.22. The molecule has 0 spiro atoms. The molecule has 0 aliphatic rings. The third-order valence-corrected chi connectivity index (χ3v) is 2.49. The lowest BCUT2D eigenvalue weighted by molar-refractivity contribution is -0.191. The summed E-state index contributed by atoms with van der Waals surface area (Å²) in [5.74, 6) is 0.735. The summed E-state index contributed by atoms with van der Waals surface area (Å²) >= 11 is 0. The predicted molar refractivity (Wildman–Crippen MR) is 74.2 cm³/mol. The Morgan fingerprint density at radius 1 is 1.11 bits per heavy atom. The van der Waals surface area contributed by atoms with Gasteiger partial charge in [0.05, 0.1) is 6.10 Å². The van der Waals surface area contributed by atoms with E-state index in [1.807, 2.05) is 52.0 Å². The standard InChI is InChI=1S/C15H24O4/c1-5-17-15(18-6-2)14(16)12-8-7-9-13(10-12)19-11(3)4/h7-11,14-16H,5-6H2,1-4H3. The van der Waals surface area contributed by atoms with Crippen molar-refractivity contribution in [2.24, 2.45) is 0 Å². The second-order valence-corrected chi connectivity index (χ2v) is 4.46. The maximum Gasteiger partial charge on any atom is 0.187 e. The van der Waals surface area contributed by atoms with Crippen molar-refractivity contribution in [2.45, 2.75) is 46.2 Å². The molecule has 4 nitrogen and oxygen atoms in total. The third-order valence-electron chi connectivity index (χ3n) is 2.49. The molecule has 0 aromatic heterocycles. The van der Waals surface area contributed by atoms with E-state index in [2.05, 4.69) is 0 Å². The molecule has 0 aliphatic carbocycles. The predicted octanol–water partition coefficient (Wildman–Crippen LogP) is 2.91. The van der Waals surface area contributed by atoms with Crippen molar-refractivity contribution >= 4 is 0 Å². The normalized spacial score (nSPS) is 13.0. The minimum atomic E-state index is -0.824. The highest BCUT2D eigenvalue weighted by atomic mass is 16.7. The van der Waals surface area contributed by atoms with Crippen LogP contribution < -0.4 is 4.74 Å². The molecule has 0 aliphatic heterocycles. The average Bonchev–Trinajstić information content (AvgIpc) is 2.37. The van der Waals surface area contributed by atoms with Gasteiger partial charge >= 0.3 is 0 Å². The first-order valence-electron chi connectivity index (χ1n) is 6.76. The van der Waals surface area contributed by atoms with Gasteiger partial charge in [-0.3, -0.25) is 0 Å². The fraction of sp³-hybridized carbons (Fsp3) is 0.600. The Morgan fingerprint density at radius 2 is 1.74 bits per heavy atom. The van der Waals surface area contributed by atoms with Gasteiger partial charge in [-0.05, 0) is 45.4 Å². The minimum absolute atomic E-state index is 0.0990. The molecule has 0 heterocycles. The van der Waals surface area contributed by atoms with E-state index >= 15 is 0 Å². The van der Waals surface area contributed by atoms with Crippen molar-refractivity contribution in [3.8, 4) is 5.75 Å². The first-order chi connectivity index (χ1) is 9.08. The SMILES string of the molecule is CCOC(OCC)C(O)c1cccc(OC(C)C)c1. The van der Waals surface area contributed by atoms with Crippen molar-refractivity contribution in [1.82, 2.24) is 0 Å². The Hall–Kier alpha value is -1.10. The van der Waals surface area contributed by atoms with E-state index in [1.165, 1.54) is 0 Å². The molecule has 0 bridgehead atoms. The van der Waals surface area contributed by atoms with E-state index in [9.17, 15) is 5.11 Å². The fourth-order valence-electron chi connectivity index (χ4n) is 1.76. The van der Waals surface area contributed by atoms with Gasteiger partial charge in [-0.1, -0.05) is 12.1 Å². The van der Waals surface area contributed by atoms with Crippen LogP contribution in [0.25, 0.3) is 0 Å². The second kappa shape index (κ2) is 8.15. The Balaban J connectivity index is 2.81. The number of ether oxygens (including phenoxy) is 3. The van der Waals surface area contributed by atoms with Crippen LogP contribution in [0.4, 0.5) is 0 Å². The van der Waals surface area contributed by atoms with E-state index in [4.69, 9.17) is 14.2 Å². The smallest absolute Gasteiger partial charge is 0.187 e. The van der Waals surface area contributed by atoms with Gasteiger partial charge in [-0.25, -0.2) is 0 Å². The van der Waals surface area contributed by atoms with E-state index in [0.717, 1.165) is 11.3 Å². The zero-order chi connectivity index (χ0) is 14.3. The van der Waals surface area contributed by atoms with Crippen LogP contribution in [0.15, 0.2) is 24.3 Å². The van der Waals surface area contributed by atoms with E-state index in [-0.39, 0.29) is 6.10 Å². The molecule has 0 amide bonds. The average molecular weight is 268 g/mol. The van der Waals surface area contributed by atoms with Crippen LogP contribution >= 0.6 is 0 Å². The largest absolute Gasteiger partial charge is 0.491 e. The summed E-state index contributed by atoms with van der Waals surface area (Å²) in [7, 11) is 0. The molecule has 0 saturated carbocycles. The number of aliphatic hydroxyl groups excluding tert-OH is 1. The number of rotatable bonds is 8. The first-order valence-corrected chi connectivity index (χ1v) is 6.76. The molecule has 0 fully saturated rings. The number of hydrogen-bond donors (Lipinski definition) is 1. The molecule has 1 aromatic rings. The molecular weight excluding hydrogens is 244 g/mol. The molecule has 1 unspecified atom stereocenters. The van der Waals surface area contributed by atoms with Crippen LogP contribution in [0, 0.1) is 0 Å². The lowest BCUT2D eigenvalue weighted by atomic mass is 10.1. The van der Waals surface area contributed by atoms with Gasteiger partial charge in [-0.2, -0.15) is 0 Å². The third kappa shape index (κ3) is 5.19. The Kier molecular flexibility index (Phi) is 6.84. The quantitative estimate of drug-likeness (QED) is 0.736. The van der Waals surface area contributed by atoms with Gasteiger partial charge in [0.25, 0.3) is 0 Å². The molecule has 1 rings (SSSR count). The summed E-state index contributed by atoms with van der Waals surface area (Å²) in [6.45, 7) is 8.65. The Morgan fingerprint density at radius 3 is 2.26 bits per heavy atom. The first kappa shape index (κ1) is 16.0. The molecule has 19 heavy (non-hydrogen) atoms. The Bertz CT molecular complexity index is 359. The van der Waals surface area contributed by atoms with Crippen molar-refractivity contribution in [3.63, 3.8) is 0 Å². The zero-order valence-corrected chi connectivity index (χ0v) is 12.1. The van der Waals surface area contributed by atoms with Crippen molar-refractivity contribution < 1.29 is 19.3 Å². The molecule has 1 aromatic carbocycles. The Labute approximate surface area is 115 Å². The molecule has 1 atom stereocenters. The van der Waals surface area contributed by atoms with Crippen LogP contribution in [0.3, 0.4) is 0 Å². The van der Waals surface area contributed by atoms with E-state index in [1.54, 1.807) is 0 Å². The lowest BCUT2D eigenvalue weighted by Gasteiger charge is -2.23. The summed E-state index contributed by atoms with van der Waals surface area (Å²) in [4.78, 5) is 0. The molecule has 0 saturated heterocycles. The minimum Gasteiger partial charge on any atom is -0.491 e. The second-order valence-electron chi connectivity index (χ2n) is 4.46. The van der Waals surface area contributed by atoms with Gasteiger partial charge in [0.1, 0.15) is 11.9 Å².